The fourth-order valence-corrected chi connectivity index (χ4v) is 3.19. The van der Waals surface area contributed by atoms with Crippen molar-refractivity contribution < 1.29 is 13.9 Å². The molecule has 0 saturated carbocycles. The lowest BCUT2D eigenvalue weighted by Gasteiger charge is -2.10. The lowest BCUT2D eigenvalue weighted by Crippen LogP contribution is -2.23. The van der Waals surface area contributed by atoms with Gasteiger partial charge in [-0.05, 0) is 37.3 Å². The SMILES string of the molecule is COc1ccc(Cl)cc1-c1nc(SC(C)C(=O)Nc2ccccc2F)n[nH]1. The second-order valence-electron chi connectivity index (χ2n) is 5.54. The number of carbonyl (C=O) groups is 1. The summed E-state index contributed by atoms with van der Waals surface area (Å²) < 4.78 is 19.0. The number of nitrogens with one attached hydrogen (secondary N) is 2. The number of aromatic amines is 1. The van der Waals surface area contributed by atoms with Crippen molar-refractivity contribution in [2.45, 2.75) is 17.3 Å². The van der Waals surface area contributed by atoms with E-state index in [9.17, 15) is 9.18 Å². The molecule has 6 nitrogen and oxygen atoms in total. The van der Waals surface area contributed by atoms with Crippen LogP contribution in [0.3, 0.4) is 0 Å². The summed E-state index contributed by atoms with van der Waals surface area (Å²) in [6.07, 6.45) is 0. The van der Waals surface area contributed by atoms with Crippen LogP contribution in [0.25, 0.3) is 11.4 Å². The number of nitrogens with zero attached hydrogens (tertiary/aromatic N) is 2. The van der Waals surface area contributed by atoms with Gasteiger partial charge in [-0.1, -0.05) is 35.5 Å². The van der Waals surface area contributed by atoms with Gasteiger partial charge in [0, 0.05) is 5.02 Å². The first-order valence-corrected chi connectivity index (χ1v) is 9.22. The van der Waals surface area contributed by atoms with Crippen molar-refractivity contribution in [3.63, 3.8) is 0 Å². The Balaban J connectivity index is 1.71. The molecule has 0 bridgehead atoms. The zero-order valence-electron chi connectivity index (χ0n) is 14.5. The summed E-state index contributed by atoms with van der Waals surface area (Å²) in [7, 11) is 1.55. The van der Waals surface area contributed by atoms with E-state index in [1.54, 1.807) is 44.4 Å². The summed E-state index contributed by atoms with van der Waals surface area (Å²) >= 11 is 7.19. The monoisotopic (exact) mass is 406 g/mol. The molecular weight excluding hydrogens is 391 g/mol. The van der Waals surface area contributed by atoms with Gasteiger partial charge in [0.2, 0.25) is 11.1 Å². The normalized spacial score (nSPS) is 11.9. The van der Waals surface area contributed by atoms with Gasteiger partial charge in [0.1, 0.15) is 11.6 Å². The number of hydrogen-bond donors (Lipinski definition) is 2. The molecule has 9 heteroatoms. The standard InChI is InChI=1S/C18H16ClFN4O2S/c1-10(17(25)21-14-6-4-3-5-13(14)20)27-18-22-16(23-24-18)12-9-11(19)7-8-15(12)26-2/h3-10H,1-2H3,(H,21,25)(H,22,23,24). The van der Waals surface area contributed by atoms with Gasteiger partial charge in [0.15, 0.2) is 5.82 Å². The molecule has 0 radical (unpaired) electrons. The van der Waals surface area contributed by atoms with Crippen LogP contribution in [0.1, 0.15) is 6.92 Å². The third-order valence-electron chi connectivity index (χ3n) is 3.66. The number of benzene rings is 2. The number of hydrogen-bond acceptors (Lipinski definition) is 5. The van der Waals surface area contributed by atoms with E-state index < -0.39 is 11.1 Å². The van der Waals surface area contributed by atoms with Gasteiger partial charge >= 0.3 is 0 Å². The number of aromatic nitrogens is 3. The van der Waals surface area contributed by atoms with E-state index in [4.69, 9.17) is 16.3 Å². The first-order valence-electron chi connectivity index (χ1n) is 7.96. The molecule has 140 valence electrons. The molecular formula is C18H16ClFN4O2S. The summed E-state index contributed by atoms with van der Waals surface area (Å²) in [5.41, 5.74) is 0.794. The van der Waals surface area contributed by atoms with Crippen LogP contribution < -0.4 is 10.1 Å². The highest BCUT2D eigenvalue weighted by atomic mass is 35.5. The molecule has 0 aliphatic heterocycles. The summed E-state index contributed by atoms with van der Waals surface area (Å²) in [6.45, 7) is 1.69. The van der Waals surface area contributed by atoms with E-state index in [-0.39, 0.29) is 11.6 Å². The van der Waals surface area contributed by atoms with Crippen molar-refractivity contribution in [1.29, 1.82) is 0 Å². The maximum Gasteiger partial charge on any atom is 0.237 e. The Hall–Kier alpha value is -2.58. The topological polar surface area (TPSA) is 79.9 Å². The van der Waals surface area contributed by atoms with E-state index in [1.165, 1.54) is 12.1 Å². The van der Waals surface area contributed by atoms with E-state index in [1.807, 2.05) is 0 Å². The molecule has 2 N–H and O–H groups in total. The molecule has 0 spiro atoms. The van der Waals surface area contributed by atoms with Crippen molar-refractivity contribution in [2.75, 3.05) is 12.4 Å². The van der Waals surface area contributed by atoms with E-state index >= 15 is 0 Å². The molecule has 0 aliphatic rings. The van der Waals surface area contributed by atoms with Crippen LogP contribution in [-0.2, 0) is 4.79 Å². The third-order valence-corrected chi connectivity index (χ3v) is 4.86. The Morgan fingerprint density at radius 1 is 1.33 bits per heavy atom. The van der Waals surface area contributed by atoms with E-state index in [0.29, 0.717) is 27.3 Å². The van der Waals surface area contributed by atoms with Gasteiger partial charge in [-0.3, -0.25) is 9.89 Å². The molecule has 2 aromatic carbocycles. The number of rotatable bonds is 6. The Bertz CT molecular complexity index is 966. The highest BCUT2D eigenvalue weighted by molar-refractivity contribution is 8.00. The molecule has 3 aromatic rings. The van der Waals surface area contributed by atoms with Gasteiger partial charge in [0.05, 0.1) is 23.6 Å². The molecule has 3 rings (SSSR count). The molecule has 0 fully saturated rings. The van der Waals surface area contributed by atoms with Crippen molar-refractivity contribution in [3.8, 4) is 17.1 Å². The predicted octanol–water partition coefficient (Wildman–Crippen LogP) is 4.39. The number of ether oxygens (including phenoxy) is 1. The lowest BCUT2D eigenvalue weighted by molar-refractivity contribution is -0.115. The molecule has 0 aliphatic carbocycles. The zero-order chi connectivity index (χ0) is 19.4. The average molecular weight is 407 g/mol. The van der Waals surface area contributed by atoms with Crippen LogP contribution in [0, 0.1) is 5.82 Å². The third kappa shape index (κ3) is 4.58. The van der Waals surface area contributed by atoms with Crippen molar-refractivity contribution in [1.82, 2.24) is 15.2 Å². The van der Waals surface area contributed by atoms with Gasteiger partial charge < -0.3 is 10.1 Å². The number of methoxy groups -OCH3 is 1. The average Bonchev–Trinajstić information content (AvgIpc) is 3.11. The molecule has 0 saturated heterocycles. The minimum atomic E-state index is -0.533. The van der Waals surface area contributed by atoms with Crippen LogP contribution in [0.5, 0.6) is 5.75 Å². The number of amides is 1. The molecule has 1 atom stereocenters. The number of thioether (sulfide) groups is 1. The highest BCUT2D eigenvalue weighted by Gasteiger charge is 2.19. The number of para-hydroxylation sites is 1. The van der Waals surface area contributed by atoms with Gasteiger partial charge in [0.25, 0.3) is 0 Å². The number of H-pyrrole nitrogens is 1. The maximum absolute atomic E-state index is 13.7. The lowest BCUT2D eigenvalue weighted by atomic mass is 10.2. The molecule has 27 heavy (non-hydrogen) atoms. The largest absolute Gasteiger partial charge is 0.496 e. The Labute approximate surface area is 164 Å². The molecule has 1 amide bonds. The van der Waals surface area contributed by atoms with Gasteiger partial charge in [-0.2, -0.15) is 0 Å². The maximum atomic E-state index is 13.7. The molecule has 1 unspecified atom stereocenters. The smallest absolute Gasteiger partial charge is 0.237 e. The van der Waals surface area contributed by atoms with E-state index in [2.05, 4.69) is 20.5 Å². The summed E-state index contributed by atoms with van der Waals surface area (Å²) in [4.78, 5) is 16.7. The number of carbonyl (C=O) groups excluding carboxylic acids is 1. The second-order valence-corrected chi connectivity index (χ2v) is 7.28. The Morgan fingerprint density at radius 3 is 2.85 bits per heavy atom. The van der Waals surface area contributed by atoms with Crippen LogP contribution in [0.4, 0.5) is 10.1 Å². The van der Waals surface area contributed by atoms with Gasteiger partial charge in [-0.25, -0.2) is 9.37 Å². The molecule has 1 aromatic heterocycles. The highest BCUT2D eigenvalue weighted by Crippen LogP contribution is 2.31. The van der Waals surface area contributed by atoms with Crippen LogP contribution in [0.15, 0.2) is 47.6 Å². The zero-order valence-corrected chi connectivity index (χ0v) is 16.1. The fourth-order valence-electron chi connectivity index (χ4n) is 2.29. The summed E-state index contributed by atoms with van der Waals surface area (Å²) in [5.74, 6) is 0.226. The number of halogens is 2. The number of anilines is 1. The quantitative estimate of drug-likeness (QED) is 0.593. The second kappa shape index (κ2) is 8.41. The van der Waals surface area contributed by atoms with Crippen LogP contribution in [0.2, 0.25) is 5.02 Å². The van der Waals surface area contributed by atoms with Crippen molar-refractivity contribution in [3.05, 3.63) is 53.3 Å². The molecule has 1 heterocycles. The first kappa shape index (κ1) is 19.2. The van der Waals surface area contributed by atoms with Crippen molar-refractivity contribution >= 4 is 35.0 Å². The van der Waals surface area contributed by atoms with Crippen LogP contribution >= 0.6 is 23.4 Å². The first-order chi connectivity index (χ1) is 13.0. The fraction of sp³-hybridized carbons (Fsp3) is 0.167. The summed E-state index contributed by atoms with van der Waals surface area (Å²) in [6, 6.07) is 11.2. The minimum absolute atomic E-state index is 0.134. The van der Waals surface area contributed by atoms with Crippen molar-refractivity contribution in [2.24, 2.45) is 0 Å². The van der Waals surface area contributed by atoms with Crippen LogP contribution in [-0.4, -0.2) is 33.4 Å². The predicted molar refractivity (Wildman–Crippen MR) is 104 cm³/mol. The Kier molecular flexibility index (Phi) is 5.98. The minimum Gasteiger partial charge on any atom is -0.496 e. The Morgan fingerprint density at radius 2 is 2.11 bits per heavy atom. The van der Waals surface area contributed by atoms with E-state index in [0.717, 1.165) is 11.8 Å². The van der Waals surface area contributed by atoms with Gasteiger partial charge in [-0.15, -0.1) is 5.10 Å². The summed E-state index contributed by atoms with van der Waals surface area (Å²) in [5, 5.41) is 9.87.